The molecule has 3 rings (SSSR count). The lowest BCUT2D eigenvalue weighted by Crippen LogP contribution is -2.29. The first-order chi connectivity index (χ1) is 9.56. The summed E-state index contributed by atoms with van der Waals surface area (Å²) in [7, 11) is 0. The van der Waals surface area contributed by atoms with E-state index in [2.05, 4.69) is 0 Å². The molecule has 0 fully saturated rings. The number of nitrogens with two attached hydrogens (primary N) is 1. The number of hydrogen-bond donors (Lipinski definition) is 2. The van der Waals surface area contributed by atoms with Crippen LogP contribution in [-0.4, -0.2) is 17.6 Å². The molecule has 0 unspecified atom stereocenters. The maximum atomic E-state index is 12.6. The number of fused-ring (bicyclic) bond motifs is 1. The van der Waals surface area contributed by atoms with E-state index >= 15 is 0 Å². The lowest BCUT2D eigenvalue weighted by atomic mass is 10.1. The van der Waals surface area contributed by atoms with Crippen molar-refractivity contribution in [1.29, 1.82) is 0 Å². The molecule has 0 radical (unpaired) electrons. The molecule has 1 aliphatic rings. The average Bonchev–Trinajstić information content (AvgIpc) is 2.83. The number of anilines is 2. The first-order valence-corrected chi connectivity index (χ1v) is 6.63. The molecule has 20 heavy (non-hydrogen) atoms. The molecule has 102 valence electrons. The normalized spacial score (nSPS) is 13.3. The van der Waals surface area contributed by atoms with Gasteiger partial charge in [-0.2, -0.15) is 0 Å². The van der Waals surface area contributed by atoms with Gasteiger partial charge in [0.2, 0.25) is 0 Å². The van der Waals surface area contributed by atoms with E-state index in [1.165, 1.54) is 18.2 Å². The Morgan fingerprint density at radius 2 is 2.05 bits per heavy atom. The smallest absolute Gasteiger partial charge is 0.259 e. The van der Waals surface area contributed by atoms with Gasteiger partial charge in [0.1, 0.15) is 5.75 Å². The third-order valence-corrected chi connectivity index (χ3v) is 3.76. The highest BCUT2D eigenvalue weighted by Crippen LogP contribution is 2.32. The zero-order chi connectivity index (χ0) is 14.3. The van der Waals surface area contributed by atoms with Crippen molar-refractivity contribution in [2.24, 2.45) is 0 Å². The Labute approximate surface area is 121 Å². The molecule has 0 atom stereocenters. The number of nitrogens with zero attached hydrogens (tertiary/aromatic N) is 1. The van der Waals surface area contributed by atoms with Gasteiger partial charge in [0.05, 0.1) is 10.6 Å². The van der Waals surface area contributed by atoms with Gasteiger partial charge in [-0.3, -0.25) is 4.79 Å². The third kappa shape index (κ3) is 2.08. The van der Waals surface area contributed by atoms with Gasteiger partial charge in [-0.05, 0) is 42.3 Å². The van der Waals surface area contributed by atoms with Crippen molar-refractivity contribution >= 4 is 28.9 Å². The molecular weight excluding hydrogens is 276 g/mol. The lowest BCUT2D eigenvalue weighted by Gasteiger charge is -2.18. The minimum atomic E-state index is -0.227. The summed E-state index contributed by atoms with van der Waals surface area (Å²) >= 11 is 6.04. The molecule has 5 heteroatoms. The zero-order valence-electron chi connectivity index (χ0n) is 10.6. The van der Waals surface area contributed by atoms with Crippen LogP contribution in [0.4, 0.5) is 11.4 Å². The second-order valence-electron chi connectivity index (χ2n) is 4.76. The van der Waals surface area contributed by atoms with Crippen LogP contribution in [0.2, 0.25) is 5.02 Å². The van der Waals surface area contributed by atoms with E-state index in [1.807, 2.05) is 12.1 Å². The zero-order valence-corrected chi connectivity index (χ0v) is 11.4. The molecule has 2 aromatic carbocycles. The van der Waals surface area contributed by atoms with E-state index in [9.17, 15) is 9.90 Å². The van der Waals surface area contributed by atoms with Crippen molar-refractivity contribution in [2.45, 2.75) is 6.42 Å². The van der Waals surface area contributed by atoms with E-state index in [4.69, 9.17) is 17.3 Å². The third-order valence-electron chi connectivity index (χ3n) is 3.43. The molecule has 0 aromatic heterocycles. The average molecular weight is 289 g/mol. The summed E-state index contributed by atoms with van der Waals surface area (Å²) in [6, 6.07) is 9.90. The molecule has 0 bridgehead atoms. The summed E-state index contributed by atoms with van der Waals surface area (Å²) in [5.74, 6) is -0.208. The Morgan fingerprint density at radius 3 is 2.85 bits per heavy atom. The standard InChI is InChI=1S/C15H13ClN2O2/c16-13-4-3-11(19)8-12(13)15(20)18-6-5-9-1-2-10(17)7-14(9)18/h1-4,7-8,19H,5-6,17H2. The van der Waals surface area contributed by atoms with Gasteiger partial charge in [-0.1, -0.05) is 17.7 Å². The highest BCUT2D eigenvalue weighted by atomic mass is 35.5. The van der Waals surface area contributed by atoms with Crippen LogP contribution in [0, 0.1) is 0 Å². The number of halogens is 1. The highest BCUT2D eigenvalue weighted by molar-refractivity contribution is 6.34. The van der Waals surface area contributed by atoms with Crippen LogP contribution in [0.25, 0.3) is 0 Å². The van der Waals surface area contributed by atoms with Crippen LogP contribution in [-0.2, 0) is 6.42 Å². The van der Waals surface area contributed by atoms with E-state index < -0.39 is 0 Å². The van der Waals surface area contributed by atoms with Gasteiger partial charge in [0, 0.05) is 17.9 Å². The van der Waals surface area contributed by atoms with Crippen molar-refractivity contribution in [2.75, 3.05) is 17.2 Å². The first kappa shape index (κ1) is 12.8. The minimum Gasteiger partial charge on any atom is -0.508 e. The first-order valence-electron chi connectivity index (χ1n) is 6.25. The van der Waals surface area contributed by atoms with Crippen LogP contribution in [0.5, 0.6) is 5.75 Å². The maximum absolute atomic E-state index is 12.6. The van der Waals surface area contributed by atoms with Crippen LogP contribution < -0.4 is 10.6 Å². The van der Waals surface area contributed by atoms with Crippen LogP contribution >= 0.6 is 11.6 Å². The van der Waals surface area contributed by atoms with E-state index in [-0.39, 0.29) is 11.7 Å². The second-order valence-corrected chi connectivity index (χ2v) is 5.17. The molecule has 4 nitrogen and oxygen atoms in total. The Balaban J connectivity index is 2.01. The molecule has 0 aliphatic carbocycles. The van der Waals surface area contributed by atoms with Crippen molar-refractivity contribution in [1.82, 2.24) is 0 Å². The SMILES string of the molecule is Nc1ccc2c(c1)N(C(=O)c1cc(O)ccc1Cl)CC2. The summed E-state index contributed by atoms with van der Waals surface area (Å²) in [4.78, 5) is 14.2. The van der Waals surface area contributed by atoms with Gasteiger partial charge in [-0.15, -0.1) is 0 Å². The van der Waals surface area contributed by atoms with Crippen molar-refractivity contribution in [3.8, 4) is 5.75 Å². The molecular formula is C15H13ClN2O2. The summed E-state index contributed by atoms with van der Waals surface area (Å²) in [6.45, 7) is 0.587. The van der Waals surface area contributed by atoms with Crippen LogP contribution in [0.3, 0.4) is 0 Å². The Hall–Kier alpha value is -2.20. The molecule has 0 spiro atoms. The molecule has 0 saturated heterocycles. The maximum Gasteiger partial charge on any atom is 0.259 e. The molecule has 2 aromatic rings. The Bertz CT molecular complexity index is 700. The number of nitrogen functional groups attached to an aromatic ring is 1. The van der Waals surface area contributed by atoms with Crippen molar-refractivity contribution in [3.63, 3.8) is 0 Å². The summed E-state index contributed by atoms with van der Waals surface area (Å²) in [5, 5.41) is 9.84. The molecule has 1 amide bonds. The number of hydrogen-bond acceptors (Lipinski definition) is 3. The monoisotopic (exact) mass is 288 g/mol. The number of benzene rings is 2. The van der Waals surface area contributed by atoms with Gasteiger partial charge in [-0.25, -0.2) is 0 Å². The van der Waals surface area contributed by atoms with Gasteiger partial charge in [0.25, 0.3) is 5.91 Å². The van der Waals surface area contributed by atoms with Gasteiger partial charge < -0.3 is 15.7 Å². The minimum absolute atomic E-state index is 0.0183. The van der Waals surface area contributed by atoms with Gasteiger partial charge in [0.15, 0.2) is 0 Å². The number of carbonyl (C=O) groups excluding carboxylic acids is 1. The highest BCUT2D eigenvalue weighted by Gasteiger charge is 2.27. The predicted octanol–water partition coefficient (Wildman–Crippen LogP) is 2.83. The van der Waals surface area contributed by atoms with E-state index in [1.54, 1.807) is 11.0 Å². The van der Waals surface area contributed by atoms with Crippen LogP contribution in [0.15, 0.2) is 36.4 Å². The fourth-order valence-electron chi connectivity index (χ4n) is 2.43. The number of phenolic OH excluding ortho intramolecular Hbond substituents is 1. The fraction of sp³-hybridized carbons (Fsp3) is 0.133. The van der Waals surface area contributed by atoms with Crippen LogP contribution in [0.1, 0.15) is 15.9 Å². The lowest BCUT2D eigenvalue weighted by molar-refractivity contribution is 0.0989. The van der Waals surface area contributed by atoms with Crippen molar-refractivity contribution in [3.05, 3.63) is 52.5 Å². The molecule has 1 heterocycles. The number of amides is 1. The molecule has 3 N–H and O–H groups in total. The number of aromatic hydroxyl groups is 1. The Kier molecular flexibility index (Phi) is 3.03. The summed E-state index contributed by atoms with van der Waals surface area (Å²) in [6.07, 6.45) is 0.789. The number of carbonyl (C=O) groups is 1. The number of rotatable bonds is 1. The quantitative estimate of drug-likeness (QED) is 0.793. The summed E-state index contributed by atoms with van der Waals surface area (Å²) in [5.41, 5.74) is 8.59. The van der Waals surface area contributed by atoms with E-state index in [0.717, 1.165) is 17.7 Å². The largest absolute Gasteiger partial charge is 0.508 e. The van der Waals surface area contributed by atoms with E-state index in [0.29, 0.717) is 22.8 Å². The second kappa shape index (κ2) is 4.72. The molecule has 1 aliphatic heterocycles. The number of phenols is 1. The Morgan fingerprint density at radius 1 is 1.25 bits per heavy atom. The summed E-state index contributed by atoms with van der Waals surface area (Å²) < 4.78 is 0. The molecule has 0 saturated carbocycles. The van der Waals surface area contributed by atoms with Crippen molar-refractivity contribution < 1.29 is 9.90 Å². The topological polar surface area (TPSA) is 66.6 Å². The fourth-order valence-corrected chi connectivity index (χ4v) is 2.63. The van der Waals surface area contributed by atoms with Gasteiger partial charge >= 0.3 is 0 Å². The predicted molar refractivity (Wildman–Crippen MR) is 79.4 cm³/mol.